The van der Waals surface area contributed by atoms with E-state index in [1.54, 1.807) is 17.0 Å². The van der Waals surface area contributed by atoms with Crippen LogP contribution < -0.4 is 4.74 Å². The number of aromatic nitrogens is 2. The van der Waals surface area contributed by atoms with Gasteiger partial charge in [-0.25, -0.2) is 9.97 Å². The van der Waals surface area contributed by atoms with Crippen molar-refractivity contribution in [2.75, 3.05) is 13.1 Å². The van der Waals surface area contributed by atoms with Gasteiger partial charge in [-0.2, -0.15) is 5.26 Å². The number of carbonyl (C=O) groups is 1. The van der Waals surface area contributed by atoms with Gasteiger partial charge in [0, 0.05) is 30.0 Å². The molecule has 0 bridgehead atoms. The number of likely N-dealkylation sites (tertiary alicyclic amines) is 1. The molecule has 1 aliphatic rings. The molecule has 9 heteroatoms. The zero-order chi connectivity index (χ0) is 22.0. The highest BCUT2D eigenvalue weighted by atomic mass is 19.4. The largest absolute Gasteiger partial charge is 0.573 e. The quantitative estimate of drug-likeness (QED) is 0.620. The number of piperidine rings is 1. The van der Waals surface area contributed by atoms with Crippen LogP contribution in [0.3, 0.4) is 0 Å². The van der Waals surface area contributed by atoms with Crippen LogP contribution in [0.2, 0.25) is 0 Å². The molecule has 6 nitrogen and oxygen atoms in total. The number of benzene rings is 2. The molecule has 1 saturated heterocycles. The minimum absolute atomic E-state index is 0.144. The molecule has 4 rings (SSSR count). The van der Waals surface area contributed by atoms with Crippen LogP contribution in [-0.2, 0) is 0 Å². The maximum atomic E-state index is 12.7. The monoisotopic (exact) mass is 426 g/mol. The molecule has 31 heavy (non-hydrogen) atoms. The summed E-state index contributed by atoms with van der Waals surface area (Å²) in [4.78, 5) is 23.1. The number of hydrogen-bond donors (Lipinski definition) is 0. The molecule has 1 aliphatic heterocycles. The van der Waals surface area contributed by atoms with Crippen molar-refractivity contribution in [2.45, 2.75) is 25.1 Å². The first kappa shape index (κ1) is 20.6. The third-order valence-corrected chi connectivity index (χ3v) is 5.30. The molecular formula is C22H17F3N4O2. The fourth-order valence-corrected chi connectivity index (χ4v) is 3.81. The maximum absolute atomic E-state index is 12.7. The second-order valence-corrected chi connectivity index (χ2v) is 7.24. The second kappa shape index (κ2) is 8.22. The van der Waals surface area contributed by atoms with Gasteiger partial charge in [0.1, 0.15) is 12.1 Å². The van der Waals surface area contributed by atoms with Crippen molar-refractivity contribution in [1.82, 2.24) is 14.9 Å². The number of rotatable bonds is 3. The lowest BCUT2D eigenvalue weighted by Crippen LogP contribution is -2.38. The van der Waals surface area contributed by atoms with Crippen LogP contribution in [0.4, 0.5) is 13.2 Å². The molecule has 0 N–H and O–H groups in total. The highest BCUT2D eigenvalue weighted by molar-refractivity contribution is 5.94. The van der Waals surface area contributed by atoms with E-state index >= 15 is 0 Å². The Balaban J connectivity index is 1.44. The summed E-state index contributed by atoms with van der Waals surface area (Å²) in [6.45, 7) is 1.01. The molecule has 0 radical (unpaired) electrons. The summed E-state index contributed by atoms with van der Waals surface area (Å²) in [5, 5.41) is 9.96. The first-order valence-corrected chi connectivity index (χ1v) is 9.64. The summed E-state index contributed by atoms with van der Waals surface area (Å²) < 4.78 is 40.7. The zero-order valence-electron chi connectivity index (χ0n) is 16.3. The van der Waals surface area contributed by atoms with Gasteiger partial charge in [-0.15, -0.1) is 13.2 Å². The second-order valence-electron chi connectivity index (χ2n) is 7.24. The van der Waals surface area contributed by atoms with E-state index in [0.29, 0.717) is 42.6 Å². The molecule has 0 spiro atoms. The SMILES string of the molecule is N#Cc1ccc2c(C3CCN(C(=O)c4ccc(OC(F)(F)F)cc4)CC3)ncnc2c1. The topological polar surface area (TPSA) is 79.1 Å². The van der Waals surface area contributed by atoms with Crippen LogP contribution in [0.1, 0.15) is 40.4 Å². The third-order valence-electron chi connectivity index (χ3n) is 5.30. The van der Waals surface area contributed by atoms with Gasteiger partial charge in [0.25, 0.3) is 5.91 Å². The zero-order valence-corrected chi connectivity index (χ0v) is 16.3. The van der Waals surface area contributed by atoms with E-state index < -0.39 is 6.36 Å². The fraction of sp³-hybridized carbons (Fsp3) is 0.273. The Morgan fingerprint density at radius 2 is 1.81 bits per heavy atom. The predicted octanol–water partition coefficient (Wildman–Crippen LogP) is 4.42. The van der Waals surface area contributed by atoms with Crippen molar-refractivity contribution in [3.05, 3.63) is 65.6 Å². The van der Waals surface area contributed by atoms with E-state index in [0.717, 1.165) is 23.2 Å². The first-order valence-electron chi connectivity index (χ1n) is 9.64. The summed E-state index contributed by atoms with van der Waals surface area (Å²) in [5.41, 5.74) is 2.45. The number of fused-ring (bicyclic) bond motifs is 1. The van der Waals surface area contributed by atoms with E-state index in [9.17, 15) is 18.0 Å². The third kappa shape index (κ3) is 4.58. The average Bonchev–Trinajstić information content (AvgIpc) is 2.77. The molecule has 158 valence electrons. The van der Waals surface area contributed by atoms with Crippen molar-refractivity contribution in [1.29, 1.82) is 5.26 Å². The number of carbonyl (C=O) groups excluding carboxylic acids is 1. The van der Waals surface area contributed by atoms with Gasteiger partial charge in [0.2, 0.25) is 0 Å². The molecule has 3 aromatic rings. The Kier molecular flexibility index (Phi) is 5.46. The van der Waals surface area contributed by atoms with Crippen LogP contribution in [0.15, 0.2) is 48.8 Å². The normalized spacial score (nSPS) is 15.0. The van der Waals surface area contributed by atoms with Crippen LogP contribution in [0, 0.1) is 11.3 Å². The van der Waals surface area contributed by atoms with Gasteiger partial charge < -0.3 is 9.64 Å². The molecule has 2 aromatic carbocycles. The standard InChI is InChI=1S/C22H17F3N4O2/c23-22(24,25)31-17-4-2-16(3-5-17)21(30)29-9-7-15(8-10-29)20-18-6-1-14(12-26)11-19(18)27-13-28-20/h1-6,11,13,15H,7-10H2. The highest BCUT2D eigenvalue weighted by Crippen LogP contribution is 2.32. The number of ether oxygens (including phenoxy) is 1. The number of halogens is 3. The molecule has 0 saturated carbocycles. The Bertz CT molecular complexity index is 1150. The van der Waals surface area contributed by atoms with Crippen molar-refractivity contribution in [3.8, 4) is 11.8 Å². The average molecular weight is 426 g/mol. The van der Waals surface area contributed by atoms with Crippen molar-refractivity contribution in [3.63, 3.8) is 0 Å². The van der Waals surface area contributed by atoms with E-state index in [1.807, 2.05) is 6.07 Å². The molecule has 1 fully saturated rings. The maximum Gasteiger partial charge on any atom is 0.573 e. The fourth-order valence-electron chi connectivity index (χ4n) is 3.81. The van der Waals surface area contributed by atoms with Gasteiger partial charge >= 0.3 is 6.36 Å². The Hall–Kier alpha value is -3.67. The van der Waals surface area contributed by atoms with Gasteiger partial charge in [0.15, 0.2) is 0 Å². The molecule has 1 amide bonds. The number of amides is 1. The van der Waals surface area contributed by atoms with E-state index in [-0.39, 0.29) is 17.6 Å². The molecule has 1 aromatic heterocycles. The first-order chi connectivity index (χ1) is 14.8. The van der Waals surface area contributed by atoms with Crippen molar-refractivity contribution in [2.24, 2.45) is 0 Å². The molecule has 0 atom stereocenters. The summed E-state index contributed by atoms with van der Waals surface area (Å²) in [6.07, 6.45) is -1.88. The van der Waals surface area contributed by atoms with Crippen molar-refractivity contribution >= 4 is 16.8 Å². The lowest BCUT2D eigenvalue weighted by atomic mass is 9.90. The summed E-state index contributed by atoms with van der Waals surface area (Å²) >= 11 is 0. The van der Waals surface area contributed by atoms with E-state index in [1.165, 1.54) is 18.5 Å². The van der Waals surface area contributed by atoms with Crippen molar-refractivity contribution < 1.29 is 22.7 Å². The van der Waals surface area contributed by atoms with Gasteiger partial charge in [-0.1, -0.05) is 0 Å². The number of nitrogens with zero attached hydrogens (tertiary/aromatic N) is 4. The Labute approximate surface area is 175 Å². The predicted molar refractivity (Wildman–Crippen MR) is 105 cm³/mol. The van der Waals surface area contributed by atoms with Crippen LogP contribution in [0.5, 0.6) is 5.75 Å². The Morgan fingerprint density at radius 1 is 1.10 bits per heavy atom. The lowest BCUT2D eigenvalue weighted by Gasteiger charge is -2.32. The van der Waals surface area contributed by atoms with E-state index in [2.05, 4.69) is 20.8 Å². The number of alkyl halides is 3. The molecule has 0 aliphatic carbocycles. The van der Waals surface area contributed by atoms with Gasteiger partial charge in [0.05, 0.1) is 22.8 Å². The summed E-state index contributed by atoms with van der Waals surface area (Å²) in [7, 11) is 0. The van der Waals surface area contributed by atoms with Crippen LogP contribution in [-0.4, -0.2) is 40.2 Å². The molecule has 0 unspecified atom stereocenters. The Morgan fingerprint density at radius 3 is 2.45 bits per heavy atom. The van der Waals surface area contributed by atoms with Gasteiger partial charge in [-0.3, -0.25) is 4.79 Å². The highest BCUT2D eigenvalue weighted by Gasteiger charge is 2.31. The van der Waals surface area contributed by atoms with Gasteiger partial charge in [-0.05, 0) is 55.3 Å². The number of nitriles is 1. The summed E-state index contributed by atoms with van der Waals surface area (Å²) in [6, 6.07) is 12.4. The minimum Gasteiger partial charge on any atom is -0.406 e. The van der Waals surface area contributed by atoms with E-state index in [4.69, 9.17) is 5.26 Å². The van der Waals surface area contributed by atoms with Crippen LogP contribution >= 0.6 is 0 Å². The summed E-state index contributed by atoms with van der Waals surface area (Å²) in [5.74, 6) is -0.453. The lowest BCUT2D eigenvalue weighted by molar-refractivity contribution is -0.274. The number of hydrogen-bond acceptors (Lipinski definition) is 5. The minimum atomic E-state index is -4.77. The molecular weight excluding hydrogens is 409 g/mol. The smallest absolute Gasteiger partial charge is 0.406 e. The molecule has 2 heterocycles. The van der Waals surface area contributed by atoms with Crippen LogP contribution in [0.25, 0.3) is 10.9 Å².